The maximum absolute atomic E-state index is 11.9. The van der Waals surface area contributed by atoms with Crippen LogP contribution in [0.15, 0.2) is 24.4 Å². The van der Waals surface area contributed by atoms with Crippen molar-refractivity contribution in [1.82, 2.24) is 15.0 Å². The fraction of sp³-hybridized carbons (Fsp3) is 0.167. The number of amides is 1. The molecule has 0 aromatic carbocycles. The predicted molar refractivity (Wildman–Crippen MR) is 68.1 cm³/mol. The Hall–Kier alpha value is -2.50. The molecule has 3 N–H and O–H groups in total. The van der Waals surface area contributed by atoms with Gasteiger partial charge in [0.15, 0.2) is 0 Å². The van der Waals surface area contributed by atoms with Crippen LogP contribution < -0.4 is 11.1 Å². The van der Waals surface area contributed by atoms with Crippen LogP contribution in [0.4, 0.5) is 11.8 Å². The fourth-order valence-electron chi connectivity index (χ4n) is 1.56. The summed E-state index contributed by atoms with van der Waals surface area (Å²) in [6.07, 6.45) is 1.53. The molecule has 0 saturated carbocycles. The van der Waals surface area contributed by atoms with Crippen LogP contribution in [-0.2, 0) is 0 Å². The number of nitrogens with zero attached hydrogens (tertiary/aromatic N) is 3. The zero-order valence-electron chi connectivity index (χ0n) is 10.1. The summed E-state index contributed by atoms with van der Waals surface area (Å²) in [5.41, 5.74) is 7.51. The van der Waals surface area contributed by atoms with Gasteiger partial charge in [0, 0.05) is 17.6 Å². The predicted octanol–water partition coefficient (Wildman–Crippen LogP) is 1.32. The highest BCUT2D eigenvalue weighted by Crippen LogP contribution is 2.10. The summed E-state index contributed by atoms with van der Waals surface area (Å²) in [5, 5.41) is 2.60. The Bertz CT molecular complexity index is 577. The van der Waals surface area contributed by atoms with Crippen LogP contribution in [0.3, 0.4) is 0 Å². The van der Waals surface area contributed by atoms with E-state index in [1.165, 1.54) is 6.20 Å². The van der Waals surface area contributed by atoms with Crippen molar-refractivity contribution in [1.29, 1.82) is 0 Å². The number of pyridine rings is 1. The molecule has 6 nitrogen and oxygen atoms in total. The van der Waals surface area contributed by atoms with E-state index in [2.05, 4.69) is 20.3 Å². The minimum atomic E-state index is -0.370. The van der Waals surface area contributed by atoms with Crippen molar-refractivity contribution in [3.8, 4) is 0 Å². The molecule has 0 bridgehead atoms. The molecule has 6 heteroatoms. The van der Waals surface area contributed by atoms with E-state index in [9.17, 15) is 4.79 Å². The van der Waals surface area contributed by atoms with Crippen molar-refractivity contribution in [2.45, 2.75) is 13.8 Å². The second-order valence-corrected chi connectivity index (χ2v) is 3.86. The smallest absolute Gasteiger partial charge is 0.261 e. The standard InChI is InChI=1S/C12H13N5O/c1-7-6-8(2)16-12(15-7)17-11(18)9-4-3-5-14-10(9)13/h3-6H,1-2H3,(H2,13,14)(H,15,16,17,18). The van der Waals surface area contributed by atoms with Gasteiger partial charge in [0.25, 0.3) is 5.91 Å². The van der Waals surface area contributed by atoms with Crippen LogP contribution in [-0.4, -0.2) is 20.9 Å². The van der Waals surface area contributed by atoms with Gasteiger partial charge in [-0.1, -0.05) is 0 Å². The maximum Gasteiger partial charge on any atom is 0.261 e. The van der Waals surface area contributed by atoms with Gasteiger partial charge in [-0.15, -0.1) is 0 Å². The molecule has 0 atom stereocenters. The highest BCUT2D eigenvalue weighted by Gasteiger charge is 2.11. The molecule has 1 amide bonds. The van der Waals surface area contributed by atoms with Gasteiger partial charge in [0.05, 0.1) is 5.56 Å². The molecule has 0 aliphatic heterocycles. The molecule has 0 aliphatic carbocycles. The minimum Gasteiger partial charge on any atom is -0.383 e. The number of hydrogen-bond acceptors (Lipinski definition) is 5. The van der Waals surface area contributed by atoms with Crippen molar-refractivity contribution in [2.24, 2.45) is 0 Å². The number of nitrogens with one attached hydrogen (secondary N) is 1. The Morgan fingerprint density at radius 1 is 1.28 bits per heavy atom. The third-order valence-corrected chi connectivity index (χ3v) is 2.29. The molecule has 2 rings (SSSR count). The lowest BCUT2D eigenvalue weighted by atomic mass is 10.2. The normalized spacial score (nSPS) is 10.1. The van der Waals surface area contributed by atoms with E-state index < -0.39 is 0 Å². The van der Waals surface area contributed by atoms with Crippen molar-refractivity contribution in [3.05, 3.63) is 41.3 Å². The third-order valence-electron chi connectivity index (χ3n) is 2.29. The van der Waals surface area contributed by atoms with Crippen LogP contribution in [0.25, 0.3) is 0 Å². The van der Waals surface area contributed by atoms with E-state index in [0.717, 1.165) is 11.4 Å². The molecule has 0 unspecified atom stereocenters. The Morgan fingerprint density at radius 2 is 1.94 bits per heavy atom. The second kappa shape index (κ2) is 4.79. The summed E-state index contributed by atoms with van der Waals surface area (Å²) in [5.74, 6) is 0.0747. The van der Waals surface area contributed by atoms with Crippen LogP contribution in [0.1, 0.15) is 21.7 Å². The summed E-state index contributed by atoms with van der Waals surface area (Å²) in [4.78, 5) is 24.0. The van der Waals surface area contributed by atoms with Gasteiger partial charge < -0.3 is 5.73 Å². The molecule has 0 saturated heterocycles. The van der Waals surface area contributed by atoms with Crippen molar-refractivity contribution in [2.75, 3.05) is 11.1 Å². The first-order valence-corrected chi connectivity index (χ1v) is 5.40. The van der Waals surface area contributed by atoms with Gasteiger partial charge in [0.2, 0.25) is 5.95 Å². The highest BCUT2D eigenvalue weighted by molar-refractivity contribution is 6.06. The summed E-state index contributed by atoms with van der Waals surface area (Å²) in [6, 6.07) is 5.07. The molecule has 2 aromatic rings. The average Bonchev–Trinajstić information content (AvgIpc) is 2.27. The van der Waals surface area contributed by atoms with Gasteiger partial charge in [-0.2, -0.15) is 0 Å². The van der Waals surface area contributed by atoms with E-state index in [4.69, 9.17) is 5.73 Å². The monoisotopic (exact) mass is 243 g/mol. The molecule has 0 aliphatic rings. The number of nitrogen functional groups attached to an aromatic ring is 1. The van der Waals surface area contributed by atoms with Crippen LogP contribution >= 0.6 is 0 Å². The molecule has 2 aromatic heterocycles. The maximum atomic E-state index is 11.9. The third kappa shape index (κ3) is 2.60. The van der Waals surface area contributed by atoms with Gasteiger partial charge in [-0.25, -0.2) is 15.0 Å². The van der Waals surface area contributed by atoms with Crippen molar-refractivity contribution in [3.63, 3.8) is 0 Å². The highest BCUT2D eigenvalue weighted by atomic mass is 16.1. The van der Waals surface area contributed by atoms with E-state index in [1.807, 2.05) is 19.9 Å². The summed E-state index contributed by atoms with van der Waals surface area (Å²) in [7, 11) is 0. The Morgan fingerprint density at radius 3 is 2.56 bits per heavy atom. The lowest BCUT2D eigenvalue weighted by Crippen LogP contribution is -2.17. The fourth-order valence-corrected chi connectivity index (χ4v) is 1.56. The summed E-state index contributed by atoms with van der Waals surface area (Å²) < 4.78 is 0. The van der Waals surface area contributed by atoms with Gasteiger partial charge in [-0.05, 0) is 32.0 Å². The number of carbonyl (C=O) groups is 1. The van der Waals surface area contributed by atoms with Crippen LogP contribution in [0.2, 0.25) is 0 Å². The molecular weight excluding hydrogens is 230 g/mol. The number of carbonyl (C=O) groups excluding carboxylic acids is 1. The van der Waals surface area contributed by atoms with E-state index in [0.29, 0.717) is 5.56 Å². The zero-order chi connectivity index (χ0) is 13.1. The molecule has 0 spiro atoms. The molecule has 2 heterocycles. The van der Waals surface area contributed by atoms with E-state index >= 15 is 0 Å². The topological polar surface area (TPSA) is 93.8 Å². The first-order chi connectivity index (χ1) is 8.56. The quantitative estimate of drug-likeness (QED) is 0.829. The Balaban J connectivity index is 2.24. The Labute approximate surface area is 104 Å². The van der Waals surface area contributed by atoms with E-state index in [-0.39, 0.29) is 17.7 Å². The minimum absolute atomic E-state index is 0.180. The van der Waals surface area contributed by atoms with Crippen LogP contribution in [0, 0.1) is 13.8 Å². The van der Waals surface area contributed by atoms with Gasteiger partial charge in [-0.3, -0.25) is 10.1 Å². The number of hydrogen-bond donors (Lipinski definition) is 2. The number of rotatable bonds is 2. The number of aryl methyl sites for hydroxylation is 2. The van der Waals surface area contributed by atoms with Gasteiger partial charge >= 0.3 is 0 Å². The van der Waals surface area contributed by atoms with E-state index in [1.54, 1.807) is 12.1 Å². The Kier molecular flexibility index (Phi) is 3.18. The van der Waals surface area contributed by atoms with Gasteiger partial charge in [0.1, 0.15) is 5.82 Å². The zero-order valence-corrected chi connectivity index (χ0v) is 10.1. The largest absolute Gasteiger partial charge is 0.383 e. The number of nitrogens with two attached hydrogens (primary N) is 1. The first-order valence-electron chi connectivity index (χ1n) is 5.40. The SMILES string of the molecule is Cc1cc(C)nc(NC(=O)c2cccnc2N)n1. The number of anilines is 2. The lowest BCUT2D eigenvalue weighted by Gasteiger charge is -2.06. The average molecular weight is 243 g/mol. The van der Waals surface area contributed by atoms with Crippen molar-refractivity contribution < 1.29 is 4.79 Å². The second-order valence-electron chi connectivity index (χ2n) is 3.86. The van der Waals surface area contributed by atoms with Crippen LogP contribution in [0.5, 0.6) is 0 Å². The molecule has 18 heavy (non-hydrogen) atoms. The first kappa shape index (κ1) is 12.0. The molecular formula is C12H13N5O. The van der Waals surface area contributed by atoms with Crippen molar-refractivity contribution >= 4 is 17.7 Å². The number of aromatic nitrogens is 3. The summed E-state index contributed by atoms with van der Waals surface area (Å²) >= 11 is 0. The summed E-state index contributed by atoms with van der Waals surface area (Å²) in [6.45, 7) is 3.67. The molecule has 0 fully saturated rings. The molecule has 92 valence electrons. The lowest BCUT2D eigenvalue weighted by molar-refractivity contribution is 0.102. The molecule has 0 radical (unpaired) electrons.